The van der Waals surface area contributed by atoms with E-state index in [-0.39, 0.29) is 18.5 Å². The van der Waals surface area contributed by atoms with Gasteiger partial charge in [0.1, 0.15) is 5.69 Å². The zero-order chi connectivity index (χ0) is 18.6. The number of benzene rings is 1. The maximum absolute atomic E-state index is 12.7. The summed E-state index contributed by atoms with van der Waals surface area (Å²) >= 11 is 0. The fraction of sp³-hybridized carbons (Fsp3) is 0.250. The lowest BCUT2D eigenvalue weighted by Crippen LogP contribution is -2.19. The van der Waals surface area contributed by atoms with E-state index in [4.69, 9.17) is 5.11 Å². The SMILES string of the molecule is Cc1cc(C(=O)Nc2cccc(CCC(=O)O)c2)nc(C(F)(F)F)n1. The molecule has 25 heavy (non-hydrogen) atoms. The lowest BCUT2D eigenvalue weighted by molar-refractivity contribution is -0.145. The molecular weight excluding hydrogens is 339 g/mol. The number of rotatable bonds is 5. The highest BCUT2D eigenvalue weighted by molar-refractivity contribution is 6.02. The number of nitrogens with one attached hydrogen (secondary N) is 1. The average molecular weight is 353 g/mol. The maximum Gasteiger partial charge on any atom is 0.451 e. The molecule has 0 atom stereocenters. The first kappa shape index (κ1) is 18.4. The molecule has 0 bridgehead atoms. The minimum atomic E-state index is -4.75. The molecular formula is C16H14F3N3O3. The number of hydrogen-bond donors (Lipinski definition) is 2. The molecule has 0 saturated carbocycles. The van der Waals surface area contributed by atoms with Crippen LogP contribution in [0.15, 0.2) is 30.3 Å². The minimum absolute atomic E-state index is 0.0164. The van der Waals surface area contributed by atoms with Crippen LogP contribution in [0.4, 0.5) is 18.9 Å². The highest BCUT2D eigenvalue weighted by Crippen LogP contribution is 2.26. The van der Waals surface area contributed by atoms with Crippen molar-refractivity contribution in [1.82, 2.24) is 9.97 Å². The van der Waals surface area contributed by atoms with Gasteiger partial charge in [0.05, 0.1) is 0 Å². The number of hydrogen-bond acceptors (Lipinski definition) is 4. The number of alkyl halides is 3. The Balaban J connectivity index is 2.18. The molecule has 0 spiro atoms. The van der Waals surface area contributed by atoms with Gasteiger partial charge in [-0.2, -0.15) is 13.2 Å². The summed E-state index contributed by atoms with van der Waals surface area (Å²) in [5, 5.41) is 11.1. The number of nitrogens with zero attached hydrogens (tertiary/aromatic N) is 2. The van der Waals surface area contributed by atoms with Gasteiger partial charge in [-0.1, -0.05) is 12.1 Å². The van der Waals surface area contributed by atoms with Crippen molar-refractivity contribution >= 4 is 17.6 Å². The van der Waals surface area contributed by atoms with Crippen LogP contribution in [0.5, 0.6) is 0 Å². The molecule has 0 fully saturated rings. The van der Waals surface area contributed by atoms with Crippen molar-refractivity contribution in [3.63, 3.8) is 0 Å². The lowest BCUT2D eigenvalue weighted by Gasteiger charge is -2.10. The Kier molecular flexibility index (Phi) is 5.35. The molecule has 6 nitrogen and oxygen atoms in total. The van der Waals surface area contributed by atoms with Crippen LogP contribution in [0.2, 0.25) is 0 Å². The summed E-state index contributed by atoms with van der Waals surface area (Å²) in [6, 6.07) is 7.55. The topological polar surface area (TPSA) is 92.2 Å². The van der Waals surface area contributed by atoms with Gasteiger partial charge in [-0.25, -0.2) is 9.97 Å². The van der Waals surface area contributed by atoms with Gasteiger partial charge in [0.2, 0.25) is 5.82 Å². The van der Waals surface area contributed by atoms with Gasteiger partial charge in [0, 0.05) is 17.8 Å². The zero-order valence-corrected chi connectivity index (χ0v) is 13.1. The van der Waals surface area contributed by atoms with Crippen LogP contribution in [0.1, 0.15) is 34.0 Å². The summed E-state index contributed by atoms with van der Waals surface area (Å²) in [5.41, 5.74) is 0.617. The van der Waals surface area contributed by atoms with E-state index in [9.17, 15) is 22.8 Å². The molecule has 1 aromatic heterocycles. The van der Waals surface area contributed by atoms with Crippen molar-refractivity contribution in [2.75, 3.05) is 5.32 Å². The van der Waals surface area contributed by atoms with E-state index in [1.807, 2.05) is 0 Å². The van der Waals surface area contributed by atoms with E-state index in [1.54, 1.807) is 24.3 Å². The fourth-order valence-electron chi connectivity index (χ4n) is 2.06. The van der Waals surface area contributed by atoms with Crippen LogP contribution in [0.3, 0.4) is 0 Å². The average Bonchev–Trinajstić information content (AvgIpc) is 2.52. The van der Waals surface area contributed by atoms with E-state index >= 15 is 0 Å². The van der Waals surface area contributed by atoms with E-state index in [2.05, 4.69) is 15.3 Å². The monoisotopic (exact) mass is 353 g/mol. The molecule has 1 amide bonds. The summed E-state index contributed by atoms with van der Waals surface area (Å²) in [6.07, 6.45) is -4.56. The number of aromatic nitrogens is 2. The minimum Gasteiger partial charge on any atom is -0.481 e. The second-order valence-corrected chi connectivity index (χ2v) is 5.26. The van der Waals surface area contributed by atoms with E-state index in [1.165, 1.54) is 6.92 Å². The number of aryl methyl sites for hydroxylation is 2. The summed E-state index contributed by atoms with van der Waals surface area (Å²) in [6.45, 7) is 1.33. The Bertz CT molecular complexity index is 807. The Morgan fingerprint density at radius 1 is 1.20 bits per heavy atom. The number of carbonyl (C=O) groups excluding carboxylic acids is 1. The highest BCUT2D eigenvalue weighted by atomic mass is 19.4. The first-order valence-electron chi connectivity index (χ1n) is 7.20. The molecule has 132 valence electrons. The molecule has 2 N–H and O–H groups in total. The van der Waals surface area contributed by atoms with Crippen molar-refractivity contribution < 1.29 is 27.9 Å². The van der Waals surface area contributed by atoms with Crippen molar-refractivity contribution in [2.24, 2.45) is 0 Å². The van der Waals surface area contributed by atoms with Crippen molar-refractivity contribution in [2.45, 2.75) is 25.9 Å². The van der Waals surface area contributed by atoms with Crippen molar-refractivity contribution in [3.05, 3.63) is 53.1 Å². The third-order valence-electron chi connectivity index (χ3n) is 3.15. The van der Waals surface area contributed by atoms with Crippen LogP contribution >= 0.6 is 0 Å². The van der Waals surface area contributed by atoms with Gasteiger partial charge in [0.15, 0.2) is 0 Å². The molecule has 2 rings (SSSR count). The number of anilines is 1. The zero-order valence-electron chi connectivity index (χ0n) is 13.1. The number of carboxylic acid groups (broad SMARTS) is 1. The number of carboxylic acids is 1. The fourth-order valence-corrected chi connectivity index (χ4v) is 2.06. The van der Waals surface area contributed by atoms with Crippen LogP contribution in [0.25, 0.3) is 0 Å². The number of amides is 1. The number of aliphatic carboxylic acids is 1. The van der Waals surface area contributed by atoms with Gasteiger partial charge < -0.3 is 10.4 Å². The molecule has 0 saturated heterocycles. The van der Waals surface area contributed by atoms with Gasteiger partial charge in [-0.15, -0.1) is 0 Å². The lowest BCUT2D eigenvalue weighted by atomic mass is 10.1. The second-order valence-electron chi connectivity index (χ2n) is 5.26. The molecule has 0 aliphatic heterocycles. The first-order chi connectivity index (χ1) is 11.6. The van der Waals surface area contributed by atoms with E-state index < -0.39 is 29.6 Å². The van der Waals surface area contributed by atoms with Crippen LogP contribution < -0.4 is 5.32 Å². The molecule has 2 aromatic rings. The smallest absolute Gasteiger partial charge is 0.451 e. The molecule has 1 heterocycles. The largest absolute Gasteiger partial charge is 0.481 e. The summed E-state index contributed by atoms with van der Waals surface area (Å²) < 4.78 is 38.2. The Morgan fingerprint density at radius 3 is 2.56 bits per heavy atom. The van der Waals surface area contributed by atoms with Gasteiger partial charge in [-0.05, 0) is 37.1 Å². The Morgan fingerprint density at radius 2 is 1.92 bits per heavy atom. The number of carbonyl (C=O) groups is 2. The van der Waals surface area contributed by atoms with Crippen LogP contribution in [0, 0.1) is 6.92 Å². The third-order valence-corrected chi connectivity index (χ3v) is 3.15. The van der Waals surface area contributed by atoms with Gasteiger partial charge in [-0.3, -0.25) is 9.59 Å². The van der Waals surface area contributed by atoms with Crippen molar-refractivity contribution in [3.8, 4) is 0 Å². The molecule has 0 aliphatic carbocycles. The summed E-state index contributed by atoms with van der Waals surface area (Å²) in [5.74, 6) is -3.15. The van der Waals surface area contributed by atoms with Gasteiger partial charge >= 0.3 is 12.1 Å². The predicted octanol–water partition coefficient (Wildman–Crippen LogP) is 3.07. The molecule has 1 aromatic carbocycles. The molecule has 0 radical (unpaired) electrons. The van der Waals surface area contributed by atoms with Crippen molar-refractivity contribution in [1.29, 1.82) is 0 Å². The van der Waals surface area contributed by atoms with Crippen LogP contribution in [-0.4, -0.2) is 27.0 Å². The van der Waals surface area contributed by atoms with E-state index in [0.717, 1.165) is 6.07 Å². The standard InChI is InChI=1S/C16H14F3N3O3/c1-9-7-12(22-15(20-9)16(17,18)19)14(25)21-11-4-2-3-10(8-11)5-6-13(23)24/h2-4,7-8H,5-6H2,1H3,(H,21,25)(H,23,24). The van der Waals surface area contributed by atoms with Gasteiger partial charge in [0.25, 0.3) is 5.91 Å². The second kappa shape index (κ2) is 7.29. The molecule has 9 heteroatoms. The normalized spacial score (nSPS) is 11.2. The van der Waals surface area contributed by atoms with E-state index in [0.29, 0.717) is 11.3 Å². The predicted molar refractivity (Wildman–Crippen MR) is 82.1 cm³/mol. The quantitative estimate of drug-likeness (QED) is 0.862. The molecule has 0 aliphatic rings. The first-order valence-corrected chi connectivity index (χ1v) is 7.20. The Labute approximate surface area is 140 Å². The molecule has 0 unspecified atom stereocenters. The Hall–Kier alpha value is -2.97. The maximum atomic E-state index is 12.7. The van der Waals surface area contributed by atoms with Crippen LogP contribution in [-0.2, 0) is 17.4 Å². The highest BCUT2D eigenvalue weighted by Gasteiger charge is 2.35. The third kappa shape index (κ3) is 5.27. The number of halogens is 3. The summed E-state index contributed by atoms with van der Waals surface area (Å²) in [7, 11) is 0. The summed E-state index contributed by atoms with van der Waals surface area (Å²) in [4.78, 5) is 29.3.